The van der Waals surface area contributed by atoms with E-state index in [1.165, 1.54) is 0 Å². The van der Waals surface area contributed by atoms with Crippen LogP contribution in [-0.4, -0.2) is 24.3 Å². The molecule has 0 saturated carbocycles. The Morgan fingerprint density at radius 3 is 2.32 bits per heavy atom. The molecule has 0 saturated heterocycles. The topological polar surface area (TPSA) is 51.6 Å². The molecule has 0 spiro atoms. The van der Waals surface area contributed by atoms with E-state index < -0.39 is 0 Å². The zero-order valence-corrected chi connectivity index (χ0v) is 11.7. The molecule has 19 heavy (non-hydrogen) atoms. The summed E-state index contributed by atoms with van der Waals surface area (Å²) in [4.78, 5) is 4.52. The predicted octanol–water partition coefficient (Wildman–Crippen LogP) is 3.48. The van der Waals surface area contributed by atoms with Crippen molar-refractivity contribution >= 4 is 32.3 Å². The van der Waals surface area contributed by atoms with Crippen molar-refractivity contribution in [1.82, 2.24) is 4.98 Å². The van der Waals surface area contributed by atoms with E-state index in [0.29, 0.717) is 11.5 Å². The third kappa shape index (κ3) is 1.77. The van der Waals surface area contributed by atoms with E-state index >= 15 is 0 Å². The average Bonchev–Trinajstić information content (AvgIpc) is 2.78. The lowest BCUT2D eigenvalue weighted by Crippen LogP contribution is -1.91. The van der Waals surface area contributed by atoms with Crippen molar-refractivity contribution in [2.45, 2.75) is 6.92 Å². The van der Waals surface area contributed by atoms with E-state index in [1.807, 2.05) is 13.0 Å². The Bertz CT molecular complexity index is 779. The van der Waals surface area contributed by atoms with Gasteiger partial charge in [-0.1, -0.05) is 0 Å². The summed E-state index contributed by atoms with van der Waals surface area (Å²) >= 11 is 1.56. The van der Waals surface area contributed by atoms with Crippen LogP contribution in [0.3, 0.4) is 0 Å². The van der Waals surface area contributed by atoms with Crippen molar-refractivity contribution in [3.63, 3.8) is 0 Å². The number of benzene rings is 2. The standard InChI is InChI=1S/C14H13NO3S/c1-7-15-14-9-5-12(18-3)11(17-2)4-8(9)10(16)6-13(14)19-7/h4-6,16H,1-3H3. The van der Waals surface area contributed by atoms with E-state index in [4.69, 9.17) is 9.47 Å². The number of ether oxygens (including phenoxy) is 2. The van der Waals surface area contributed by atoms with E-state index in [1.54, 1.807) is 37.7 Å². The smallest absolute Gasteiger partial charge is 0.161 e. The number of rotatable bonds is 2. The highest BCUT2D eigenvalue weighted by Gasteiger charge is 2.14. The van der Waals surface area contributed by atoms with Crippen LogP contribution in [-0.2, 0) is 0 Å². The molecule has 0 unspecified atom stereocenters. The molecular formula is C14H13NO3S. The number of nitrogens with zero attached hydrogens (tertiary/aromatic N) is 1. The Morgan fingerprint density at radius 2 is 1.68 bits per heavy atom. The monoisotopic (exact) mass is 275 g/mol. The zero-order chi connectivity index (χ0) is 13.6. The van der Waals surface area contributed by atoms with Crippen molar-refractivity contribution in [3.8, 4) is 17.2 Å². The van der Waals surface area contributed by atoms with Crippen molar-refractivity contribution in [2.75, 3.05) is 14.2 Å². The molecule has 0 amide bonds. The lowest BCUT2D eigenvalue weighted by atomic mass is 10.1. The molecule has 5 heteroatoms. The minimum absolute atomic E-state index is 0.229. The van der Waals surface area contributed by atoms with E-state index in [0.717, 1.165) is 26.0 Å². The molecule has 1 N–H and O–H groups in total. The maximum Gasteiger partial charge on any atom is 0.161 e. The van der Waals surface area contributed by atoms with Crippen molar-refractivity contribution in [3.05, 3.63) is 23.2 Å². The largest absolute Gasteiger partial charge is 0.507 e. The second-order valence-electron chi connectivity index (χ2n) is 4.23. The van der Waals surface area contributed by atoms with Gasteiger partial charge in [-0.15, -0.1) is 11.3 Å². The van der Waals surface area contributed by atoms with Crippen LogP contribution in [0, 0.1) is 6.92 Å². The number of methoxy groups -OCH3 is 2. The van der Waals surface area contributed by atoms with Gasteiger partial charge in [0.2, 0.25) is 0 Å². The van der Waals surface area contributed by atoms with Gasteiger partial charge in [0.25, 0.3) is 0 Å². The summed E-state index contributed by atoms with van der Waals surface area (Å²) in [5, 5.41) is 12.7. The highest BCUT2D eigenvalue weighted by atomic mass is 32.1. The normalized spacial score (nSPS) is 11.1. The molecule has 3 aromatic rings. The second kappa shape index (κ2) is 4.28. The molecule has 1 heterocycles. The highest BCUT2D eigenvalue weighted by Crippen LogP contribution is 2.40. The van der Waals surface area contributed by atoms with Gasteiger partial charge in [0.15, 0.2) is 11.5 Å². The molecule has 0 fully saturated rings. The Morgan fingerprint density at radius 1 is 1.05 bits per heavy atom. The minimum Gasteiger partial charge on any atom is -0.507 e. The number of phenolic OH excluding ortho intramolecular Hbond substituents is 1. The Balaban J connectivity index is 2.48. The summed E-state index contributed by atoms with van der Waals surface area (Å²) in [6.07, 6.45) is 0. The fraction of sp³-hybridized carbons (Fsp3) is 0.214. The van der Waals surface area contributed by atoms with Gasteiger partial charge >= 0.3 is 0 Å². The fourth-order valence-corrected chi connectivity index (χ4v) is 3.10. The van der Waals surface area contributed by atoms with Gasteiger partial charge in [-0.3, -0.25) is 0 Å². The molecule has 0 radical (unpaired) electrons. The number of phenols is 1. The molecule has 0 aliphatic heterocycles. The van der Waals surface area contributed by atoms with Gasteiger partial charge in [-0.25, -0.2) is 4.98 Å². The summed E-state index contributed by atoms with van der Waals surface area (Å²) < 4.78 is 11.5. The molecule has 2 aromatic carbocycles. The fourth-order valence-electron chi connectivity index (χ4n) is 2.22. The van der Waals surface area contributed by atoms with Crippen LogP contribution < -0.4 is 9.47 Å². The summed E-state index contributed by atoms with van der Waals surface area (Å²) in [7, 11) is 3.17. The van der Waals surface area contributed by atoms with Gasteiger partial charge < -0.3 is 14.6 Å². The number of hydrogen-bond donors (Lipinski definition) is 1. The van der Waals surface area contributed by atoms with Crippen LogP contribution >= 0.6 is 11.3 Å². The first kappa shape index (κ1) is 12.0. The second-order valence-corrected chi connectivity index (χ2v) is 5.46. The average molecular weight is 275 g/mol. The highest BCUT2D eigenvalue weighted by molar-refractivity contribution is 7.18. The SMILES string of the molecule is COc1cc2c(O)cc3sc(C)nc3c2cc1OC. The summed E-state index contributed by atoms with van der Waals surface area (Å²) in [5.41, 5.74) is 0.885. The lowest BCUT2D eigenvalue weighted by molar-refractivity contribution is 0.355. The minimum atomic E-state index is 0.229. The molecule has 4 nitrogen and oxygen atoms in total. The quantitative estimate of drug-likeness (QED) is 0.778. The van der Waals surface area contributed by atoms with Crippen LogP contribution in [0.15, 0.2) is 18.2 Å². The van der Waals surface area contributed by atoms with Gasteiger partial charge in [-0.2, -0.15) is 0 Å². The maximum absolute atomic E-state index is 10.1. The number of aromatic nitrogens is 1. The Hall–Kier alpha value is -2.01. The van der Waals surface area contributed by atoms with Crippen LogP contribution in [0.1, 0.15) is 5.01 Å². The van der Waals surface area contributed by atoms with Crippen molar-refractivity contribution in [1.29, 1.82) is 0 Å². The number of fused-ring (bicyclic) bond motifs is 3. The van der Waals surface area contributed by atoms with Crippen LogP contribution in [0.2, 0.25) is 0 Å². The summed E-state index contributed by atoms with van der Waals surface area (Å²) in [5.74, 6) is 1.45. The molecule has 0 bridgehead atoms. The van der Waals surface area contributed by atoms with Crippen molar-refractivity contribution in [2.24, 2.45) is 0 Å². The molecular weight excluding hydrogens is 262 g/mol. The molecule has 0 aliphatic carbocycles. The number of aryl methyl sites for hydroxylation is 1. The Kier molecular flexibility index (Phi) is 2.71. The third-order valence-corrected chi connectivity index (χ3v) is 4.00. The zero-order valence-electron chi connectivity index (χ0n) is 10.9. The summed E-state index contributed by atoms with van der Waals surface area (Å²) in [6, 6.07) is 5.38. The number of hydrogen-bond acceptors (Lipinski definition) is 5. The number of aromatic hydroxyl groups is 1. The summed E-state index contributed by atoms with van der Waals surface area (Å²) in [6.45, 7) is 1.95. The van der Waals surface area contributed by atoms with Gasteiger partial charge in [0, 0.05) is 10.8 Å². The first-order valence-electron chi connectivity index (χ1n) is 5.79. The first-order valence-corrected chi connectivity index (χ1v) is 6.60. The van der Waals surface area contributed by atoms with Crippen LogP contribution in [0.5, 0.6) is 17.2 Å². The van der Waals surface area contributed by atoms with E-state index in [9.17, 15) is 5.11 Å². The maximum atomic E-state index is 10.1. The Labute approximate surface area is 114 Å². The molecule has 98 valence electrons. The first-order chi connectivity index (χ1) is 9.13. The van der Waals surface area contributed by atoms with Crippen LogP contribution in [0.4, 0.5) is 0 Å². The van der Waals surface area contributed by atoms with E-state index in [-0.39, 0.29) is 5.75 Å². The predicted molar refractivity (Wildman–Crippen MR) is 76.6 cm³/mol. The molecule has 0 atom stereocenters. The van der Waals surface area contributed by atoms with Gasteiger partial charge in [0.05, 0.1) is 29.4 Å². The van der Waals surface area contributed by atoms with Gasteiger partial charge in [-0.05, 0) is 25.1 Å². The third-order valence-electron chi connectivity index (χ3n) is 3.08. The number of thiazole rings is 1. The molecule has 1 aromatic heterocycles. The molecule has 0 aliphatic rings. The van der Waals surface area contributed by atoms with Gasteiger partial charge in [0.1, 0.15) is 5.75 Å². The molecule has 3 rings (SSSR count). The lowest BCUT2D eigenvalue weighted by Gasteiger charge is -2.10. The van der Waals surface area contributed by atoms with E-state index in [2.05, 4.69) is 4.98 Å². The van der Waals surface area contributed by atoms with Crippen LogP contribution in [0.25, 0.3) is 21.0 Å². The van der Waals surface area contributed by atoms with Crippen molar-refractivity contribution < 1.29 is 14.6 Å².